The van der Waals surface area contributed by atoms with Crippen molar-refractivity contribution in [2.45, 2.75) is 77.5 Å². The number of hydrogen-bond acceptors (Lipinski definition) is 4. The molecule has 0 aromatic heterocycles. The Morgan fingerprint density at radius 2 is 1.32 bits per heavy atom. The van der Waals surface area contributed by atoms with E-state index in [1.54, 1.807) is 0 Å². The van der Waals surface area contributed by atoms with E-state index in [4.69, 9.17) is 4.74 Å². The molecule has 1 aromatic carbocycles. The smallest absolute Gasteiger partial charge is 0.425 e. The van der Waals surface area contributed by atoms with Crippen LogP contribution in [-0.2, 0) is 9.47 Å². The van der Waals surface area contributed by atoms with Crippen molar-refractivity contribution in [3.8, 4) is 0 Å². The summed E-state index contributed by atoms with van der Waals surface area (Å²) in [5.74, 6) is -1.62. The van der Waals surface area contributed by atoms with Crippen LogP contribution in [0, 0.1) is 0 Å². The van der Waals surface area contributed by atoms with Crippen LogP contribution in [0.25, 0.3) is 0 Å². The van der Waals surface area contributed by atoms with E-state index in [0.29, 0.717) is 6.61 Å². The van der Waals surface area contributed by atoms with Gasteiger partial charge in [-0.15, -0.1) is 0 Å². The number of esters is 2. The SMILES string of the molecule is CCCCCCCCCCOC(=O)c1ccc(C(=O)OC(C)C(F)(F)F)cc1. The highest BCUT2D eigenvalue weighted by molar-refractivity contribution is 5.93. The highest BCUT2D eigenvalue weighted by Gasteiger charge is 2.39. The summed E-state index contributed by atoms with van der Waals surface area (Å²) in [5.41, 5.74) is 0.177. The van der Waals surface area contributed by atoms with E-state index in [0.717, 1.165) is 26.2 Å². The predicted octanol–water partition coefficient (Wildman–Crippen LogP) is 6.09. The van der Waals surface area contributed by atoms with Crippen LogP contribution >= 0.6 is 0 Å². The molecule has 4 nitrogen and oxygen atoms in total. The fourth-order valence-electron chi connectivity index (χ4n) is 2.52. The Bertz CT molecular complexity index is 597. The van der Waals surface area contributed by atoms with Crippen LogP contribution in [0.2, 0.25) is 0 Å². The largest absolute Gasteiger partial charge is 0.462 e. The molecular weight excluding hydrogens is 373 g/mol. The first-order valence-corrected chi connectivity index (χ1v) is 9.80. The van der Waals surface area contributed by atoms with Crippen molar-refractivity contribution in [2.75, 3.05) is 6.61 Å². The van der Waals surface area contributed by atoms with Crippen molar-refractivity contribution < 1.29 is 32.2 Å². The summed E-state index contributed by atoms with van der Waals surface area (Å²) in [7, 11) is 0. The van der Waals surface area contributed by atoms with Gasteiger partial charge in [0.2, 0.25) is 0 Å². The standard InChI is InChI=1S/C21H29F3O4/c1-3-4-5-6-7-8-9-10-15-27-19(25)17-11-13-18(14-12-17)20(26)28-16(2)21(22,23)24/h11-14,16H,3-10,15H2,1-2H3. The number of carbonyl (C=O) groups excluding carboxylic acids is 2. The molecule has 0 heterocycles. The number of rotatable bonds is 12. The summed E-state index contributed by atoms with van der Waals surface area (Å²) in [6.45, 7) is 3.26. The first-order valence-electron chi connectivity index (χ1n) is 9.80. The molecule has 1 rings (SSSR count). The minimum absolute atomic E-state index is 0.0595. The predicted molar refractivity (Wildman–Crippen MR) is 100 cm³/mol. The van der Waals surface area contributed by atoms with Gasteiger partial charge in [-0.05, 0) is 37.6 Å². The second-order valence-corrected chi connectivity index (χ2v) is 6.78. The molecule has 0 bridgehead atoms. The van der Waals surface area contributed by atoms with Crippen molar-refractivity contribution >= 4 is 11.9 Å². The summed E-state index contributed by atoms with van der Waals surface area (Å²) < 4.78 is 46.8. The zero-order valence-corrected chi connectivity index (χ0v) is 16.5. The highest BCUT2D eigenvalue weighted by Crippen LogP contribution is 2.23. The molecule has 1 aromatic rings. The number of alkyl halides is 3. The zero-order valence-electron chi connectivity index (χ0n) is 16.5. The molecule has 0 amide bonds. The first-order chi connectivity index (χ1) is 13.3. The Kier molecular flexibility index (Phi) is 10.6. The lowest BCUT2D eigenvalue weighted by atomic mass is 10.1. The van der Waals surface area contributed by atoms with E-state index in [-0.39, 0.29) is 11.1 Å². The van der Waals surface area contributed by atoms with E-state index in [1.807, 2.05) is 0 Å². The van der Waals surface area contributed by atoms with Gasteiger partial charge >= 0.3 is 18.1 Å². The first kappa shape index (κ1) is 24.0. The lowest BCUT2D eigenvalue weighted by Gasteiger charge is -2.16. The molecule has 1 atom stereocenters. The normalized spacial score (nSPS) is 12.5. The van der Waals surface area contributed by atoms with Gasteiger partial charge < -0.3 is 9.47 Å². The molecule has 0 spiro atoms. The topological polar surface area (TPSA) is 52.6 Å². The van der Waals surface area contributed by atoms with Crippen LogP contribution in [0.15, 0.2) is 24.3 Å². The number of hydrogen-bond donors (Lipinski definition) is 0. The van der Waals surface area contributed by atoms with Crippen molar-refractivity contribution in [1.82, 2.24) is 0 Å². The Morgan fingerprint density at radius 1 is 0.857 bits per heavy atom. The lowest BCUT2D eigenvalue weighted by molar-refractivity contribution is -0.198. The van der Waals surface area contributed by atoms with E-state index in [2.05, 4.69) is 11.7 Å². The summed E-state index contributed by atoms with van der Waals surface area (Å²) in [4.78, 5) is 23.7. The van der Waals surface area contributed by atoms with Gasteiger partial charge in [0, 0.05) is 0 Å². The highest BCUT2D eigenvalue weighted by atomic mass is 19.4. The maximum Gasteiger partial charge on any atom is 0.425 e. The van der Waals surface area contributed by atoms with Crippen LogP contribution in [0.5, 0.6) is 0 Å². The fraction of sp³-hybridized carbons (Fsp3) is 0.619. The molecule has 0 saturated carbocycles. The van der Waals surface area contributed by atoms with Crippen molar-refractivity contribution in [2.24, 2.45) is 0 Å². The molecule has 0 fully saturated rings. The van der Waals surface area contributed by atoms with Crippen LogP contribution in [-0.4, -0.2) is 30.8 Å². The second-order valence-electron chi connectivity index (χ2n) is 6.78. The molecule has 158 valence electrons. The van der Waals surface area contributed by atoms with Crippen molar-refractivity contribution in [3.05, 3.63) is 35.4 Å². The quantitative estimate of drug-likeness (QED) is 0.313. The second kappa shape index (κ2) is 12.4. The lowest BCUT2D eigenvalue weighted by Crippen LogP contribution is -2.30. The Balaban J connectivity index is 2.31. The minimum atomic E-state index is -4.62. The van der Waals surface area contributed by atoms with Crippen LogP contribution in [0.3, 0.4) is 0 Å². The third-order valence-corrected chi connectivity index (χ3v) is 4.33. The maximum atomic E-state index is 12.4. The van der Waals surface area contributed by atoms with Crippen LogP contribution in [0.4, 0.5) is 13.2 Å². The van der Waals surface area contributed by atoms with Gasteiger partial charge in [-0.25, -0.2) is 9.59 Å². The van der Waals surface area contributed by atoms with E-state index in [1.165, 1.54) is 56.4 Å². The molecule has 0 aliphatic rings. The molecule has 1 unspecified atom stereocenters. The van der Waals surface area contributed by atoms with Gasteiger partial charge in [-0.2, -0.15) is 13.2 Å². The summed E-state index contributed by atoms with van der Waals surface area (Å²) in [6, 6.07) is 5.17. The van der Waals surface area contributed by atoms with E-state index < -0.39 is 24.2 Å². The minimum Gasteiger partial charge on any atom is -0.462 e. The number of carbonyl (C=O) groups is 2. The number of halogens is 3. The fourth-order valence-corrected chi connectivity index (χ4v) is 2.52. The molecular formula is C21H29F3O4. The van der Waals surface area contributed by atoms with E-state index >= 15 is 0 Å². The van der Waals surface area contributed by atoms with Gasteiger partial charge in [0.25, 0.3) is 0 Å². The molecule has 0 aliphatic carbocycles. The Morgan fingerprint density at radius 3 is 1.82 bits per heavy atom. The van der Waals surface area contributed by atoms with Gasteiger partial charge in [-0.1, -0.05) is 51.9 Å². The van der Waals surface area contributed by atoms with Gasteiger partial charge in [0.1, 0.15) is 0 Å². The average Bonchev–Trinajstić information content (AvgIpc) is 2.65. The third-order valence-electron chi connectivity index (χ3n) is 4.33. The monoisotopic (exact) mass is 402 g/mol. The van der Waals surface area contributed by atoms with E-state index in [9.17, 15) is 22.8 Å². The van der Waals surface area contributed by atoms with Crippen LogP contribution in [0.1, 0.15) is 85.9 Å². The molecule has 28 heavy (non-hydrogen) atoms. The van der Waals surface area contributed by atoms with Crippen LogP contribution < -0.4 is 0 Å². The molecule has 0 saturated heterocycles. The summed E-state index contributed by atoms with van der Waals surface area (Å²) in [5, 5.41) is 0. The molecule has 7 heteroatoms. The molecule has 0 radical (unpaired) electrons. The number of ether oxygens (including phenoxy) is 2. The third kappa shape index (κ3) is 9.24. The summed E-state index contributed by atoms with van der Waals surface area (Å²) >= 11 is 0. The molecule has 0 aliphatic heterocycles. The number of benzene rings is 1. The van der Waals surface area contributed by atoms with Gasteiger partial charge in [0.15, 0.2) is 6.10 Å². The number of unbranched alkanes of at least 4 members (excludes halogenated alkanes) is 7. The Labute approximate surface area is 164 Å². The van der Waals surface area contributed by atoms with Gasteiger partial charge in [-0.3, -0.25) is 0 Å². The molecule has 0 N–H and O–H groups in total. The Hall–Kier alpha value is -2.05. The maximum absolute atomic E-state index is 12.4. The van der Waals surface area contributed by atoms with Crippen molar-refractivity contribution in [3.63, 3.8) is 0 Å². The van der Waals surface area contributed by atoms with Gasteiger partial charge in [0.05, 0.1) is 17.7 Å². The zero-order chi connectivity index (χ0) is 21.0. The summed E-state index contributed by atoms with van der Waals surface area (Å²) in [6.07, 6.45) is 2.30. The van der Waals surface area contributed by atoms with Crippen molar-refractivity contribution in [1.29, 1.82) is 0 Å². The average molecular weight is 402 g/mol.